The molecule has 1 aromatic carbocycles. The third-order valence-corrected chi connectivity index (χ3v) is 3.30. The number of carboxylic acid groups (broad SMARTS) is 1. The van der Waals surface area contributed by atoms with E-state index in [0.29, 0.717) is 12.2 Å². The van der Waals surface area contributed by atoms with Crippen molar-refractivity contribution in [3.8, 4) is 5.75 Å². The monoisotopic (exact) mass is 279 g/mol. The molecular formula is C15H21NO4. The average Bonchev–Trinajstić information content (AvgIpc) is 2.40. The zero-order valence-electron chi connectivity index (χ0n) is 12.1. The van der Waals surface area contributed by atoms with Crippen molar-refractivity contribution in [3.05, 3.63) is 29.3 Å². The molecule has 0 spiro atoms. The number of rotatable bonds is 7. The minimum atomic E-state index is -0.900. The number of aliphatic carboxylic acids is 1. The molecular weight excluding hydrogens is 258 g/mol. The van der Waals surface area contributed by atoms with Gasteiger partial charge in [-0.1, -0.05) is 19.1 Å². The Balaban J connectivity index is 2.44. The second-order valence-corrected chi connectivity index (χ2v) is 4.73. The van der Waals surface area contributed by atoms with Crippen LogP contribution in [-0.2, 0) is 9.59 Å². The Morgan fingerprint density at radius 2 is 2.05 bits per heavy atom. The lowest BCUT2D eigenvalue weighted by atomic mass is 10.1. The first-order valence-electron chi connectivity index (χ1n) is 6.64. The molecule has 1 unspecified atom stereocenters. The Morgan fingerprint density at radius 1 is 1.35 bits per heavy atom. The lowest BCUT2D eigenvalue weighted by Gasteiger charge is -2.13. The molecule has 5 nitrogen and oxygen atoms in total. The topological polar surface area (TPSA) is 75.6 Å². The first kappa shape index (κ1) is 16.0. The Morgan fingerprint density at radius 3 is 2.65 bits per heavy atom. The molecule has 110 valence electrons. The van der Waals surface area contributed by atoms with E-state index in [1.807, 2.05) is 32.0 Å². The number of hydrogen-bond donors (Lipinski definition) is 2. The zero-order chi connectivity index (χ0) is 15.1. The highest BCUT2D eigenvalue weighted by Gasteiger charge is 2.16. The molecule has 0 aliphatic heterocycles. The Bertz CT molecular complexity index is 485. The molecule has 1 rings (SSSR count). The van der Waals surface area contributed by atoms with Crippen molar-refractivity contribution in [1.29, 1.82) is 0 Å². The van der Waals surface area contributed by atoms with Gasteiger partial charge in [0.1, 0.15) is 5.75 Å². The zero-order valence-corrected chi connectivity index (χ0v) is 12.1. The van der Waals surface area contributed by atoms with Crippen molar-refractivity contribution in [3.63, 3.8) is 0 Å². The number of hydrogen-bond acceptors (Lipinski definition) is 3. The molecule has 0 saturated heterocycles. The van der Waals surface area contributed by atoms with Crippen LogP contribution in [0.25, 0.3) is 0 Å². The van der Waals surface area contributed by atoms with Crippen LogP contribution in [0.1, 0.15) is 24.5 Å². The van der Waals surface area contributed by atoms with Gasteiger partial charge in [0, 0.05) is 6.54 Å². The summed E-state index contributed by atoms with van der Waals surface area (Å²) < 4.78 is 5.45. The predicted molar refractivity (Wildman–Crippen MR) is 75.8 cm³/mol. The van der Waals surface area contributed by atoms with Gasteiger partial charge in [0.15, 0.2) is 6.61 Å². The summed E-state index contributed by atoms with van der Waals surface area (Å²) in [7, 11) is 0. The maximum atomic E-state index is 11.6. The molecule has 0 bridgehead atoms. The van der Waals surface area contributed by atoms with Crippen LogP contribution >= 0.6 is 0 Å². The molecule has 1 aromatic rings. The molecule has 0 aromatic heterocycles. The number of carboxylic acids is 1. The molecule has 0 aliphatic rings. The van der Waals surface area contributed by atoms with E-state index in [0.717, 1.165) is 11.1 Å². The van der Waals surface area contributed by atoms with E-state index in [9.17, 15) is 9.59 Å². The summed E-state index contributed by atoms with van der Waals surface area (Å²) >= 11 is 0. The maximum absolute atomic E-state index is 11.6. The minimum Gasteiger partial charge on any atom is -0.483 e. The van der Waals surface area contributed by atoms with Gasteiger partial charge in [-0.3, -0.25) is 9.59 Å². The first-order valence-corrected chi connectivity index (χ1v) is 6.64. The standard InChI is InChI=1S/C15H21NO4/c1-4-12(15(18)19)8-16-14(17)9-20-13-7-5-6-10(2)11(13)3/h5-7,12H,4,8-9H2,1-3H3,(H,16,17)(H,18,19). The number of nitrogens with one attached hydrogen (secondary N) is 1. The predicted octanol–water partition coefficient (Wildman–Crippen LogP) is 1.91. The third kappa shape index (κ3) is 4.57. The van der Waals surface area contributed by atoms with Crippen LogP contribution in [-0.4, -0.2) is 30.1 Å². The molecule has 20 heavy (non-hydrogen) atoms. The van der Waals surface area contributed by atoms with E-state index in [-0.39, 0.29) is 19.1 Å². The fourth-order valence-electron chi connectivity index (χ4n) is 1.72. The Labute approximate surface area is 118 Å². The number of aryl methyl sites for hydroxylation is 1. The van der Waals surface area contributed by atoms with Gasteiger partial charge >= 0.3 is 5.97 Å². The summed E-state index contributed by atoms with van der Waals surface area (Å²) in [5.74, 6) is -1.10. The van der Waals surface area contributed by atoms with Gasteiger partial charge in [-0.05, 0) is 37.5 Å². The van der Waals surface area contributed by atoms with Gasteiger partial charge in [0.05, 0.1) is 5.92 Å². The number of ether oxygens (including phenoxy) is 1. The van der Waals surface area contributed by atoms with Crippen LogP contribution < -0.4 is 10.1 Å². The molecule has 5 heteroatoms. The molecule has 0 heterocycles. The molecule has 0 saturated carbocycles. The van der Waals surface area contributed by atoms with Crippen LogP contribution in [0.5, 0.6) is 5.75 Å². The van der Waals surface area contributed by atoms with E-state index in [2.05, 4.69) is 5.32 Å². The van der Waals surface area contributed by atoms with E-state index >= 15 is 0 Å². The highest BCUT2D eigenvalue weighted by atomic mass is 16.5. The second-order valence-electron chi connectivity index (χ2n) is 4.73. The molecule has 2 N–H and O–H groups in total. The molecule has 0 fully saturated rings. The molecule has 1 amide bonds. The number of carbonyl (C=O) groups is 2. The fraction of sp³-hybridized carbons (Fsp3) is 0.467. The lowest BCUT2D eigenvalue weighted by molar-refractivity contribution is -0.141. The number of carbonyl (C=O) groups excluding carboxylic acids is 1. The van der Waals surface area contributed by atoms with Crippen molar-refractivity contribution < 1.29 is 19.4 Å². The Kier molecular flexibility index (Phi) is 6.03. The summed E-state index contributed by atoms with van der Waals surface area (Å²) in [6.45, 7) is 5.69. The van der Waals surface area contributed by atoms with Crippen LogP contribution in [0.2, 0.25) is 0 Å². The smallest absolute Gasteiger partial charge is 0.308 e. The van der Waals surface area contributed by atoms with Crippen molar-refractivity contribution >= 4 is 11.9 Å². The second kappa shape index (κ2) is 7.53. The van der Waals surface area contributed by atoms with Crippen molar-refractivity contribution in [2.24, 2.45) is 5.92 Å². The fourth-order valence-corrected chi connectivity index (χ4v) is 1.72. The SMILES string of the molecule is CCC(CNC(=O)COc1cccc(C)c1C)C(=O)O. The van der Waals surface area contributed by atoms with E-state index in [1.165, 1.54) is 0 Å². The van der Waals surface area contributed by atoms with Crippen LogP contribution in [0.4, 0.5) is 0 Å². The summed E-state index contributed by atoms with van der Waals surface area (Å²) in [5.41, 5.74) is 2.09. The molecule has 0 aliphatic carbocycles. The van der Waals surface area contributed by atoms with Crippen molar-refractivity contribution in [2.45, 2.75) is 27.2 Å². The van der Waals surface area contributed by atoms with Crippen LogP contribution in [0.15, 0.2) is 18.2 Å². The van der Waals surface area contributed by atoms with E-state index in [1.54, 1.807) is 6.92 Å². The average molecular weight is 279 g/mol. The summed E-state index contributed by atoms with van der Waals surface area (Å²) in [4.78, 5) is 22.4. The van der Waals surface area contributed by atoms with Crippen molar-refractivity contribution in [1.82, 2.24) is 5.32 Å². The summed E-state index contributed by atoms with van der Waals surface area (Å²) in [6, 6.07) is 5.65. The first-order chi connectivity index (χ1) is 9.45. The van der Waals surface area contributed by atoms with E-state index in [4.69, 9.17) is 9.84 Å². The summed E-state index contributed by atoms with van der Waals surface area (Å²) in [6.07, 6.45) is 0.480. The molecule has 0 radical (unpaired) electrons. The largest absolute Gasteiger partial charge is 0.483 e. The van der Waals surface area contributed by atoms with Gasteiger partial charge in [-0.25, -0.2) is 0 Å². The minimum absolute atomic E-state index is 0.111. The van der Waals surface area contributed by atoms with Crippen LogP contribution in [0, 0.1) is 19.8 Å². The van der Waals surface area contributed by atoms with E-state index < -0.39 is 11.9 Å². The van der Waals surface area contributed by atoms with Crippen LogP contribution in [0.3, 0.4) is 0 Å². The van der Waals surface area contributed by atoms with Gasteiger partial charge in [0.2, 0.25) is 0 Å². The normalized spacial score (nSPS) is 11.8. The number of benzene rings is 1. The Hall–Kier alpha value is -2.04. The summed E-state index contributed by atoms with van der Waals surface area (Å²) in [5, 5.41) is 11.5. The van der Waals surface area contributed by atoms with Gasteiger partial charge in [-0.15, -0.1) is 0 Å². The quantitative estimate of drug-likeness (QED) is 0.799. The highest BCUT2D eigenvalue weighted by molar-refractivity contribution is 5.78. The number of amides is 1. The van der Waals surface area contributed by atoms with Crippen molar-refractivity contribution in [2.75, 3.05) is 13.2 Å². The lowest BCUT2D eigenvalue weighted by Crippen LogP contribution is -2.35. The highest BCUT2D eigenvalue weighted by Crippen LogP contribution is 2.20. The van der Waals surface area contributed by atoms with Gasteiger partial charge in [0.25, 0.3) is 5.91 Å². The van der Waals surface area contributed by atoms with Gasteiger partial charge in [-0.2, -0.15) is 0 Å². The maximum Gasteiger partial charge on any atom is 0.308 e. The third-order valence-electron chi connectivity index (χ3n) is 3.30. The van der Waals surface area contributed by atoms with Gasteiger partial charge < -0.3 is 15.2 Å². The molecule has 1 atom stereocenters.